The van der Waals surface area contributed by atoms with Crippen LogP contribution in [-0.2, 0) is 16.0 Å². The van der Waals surface area contributed by atoms with Gasteiger partial charge >= 0.3 is 5.97 Å². The number of ether oxygens (including phenoxy) is 1. The van der Waals surface area contributed by atoms with Crippen LogP contribution < -0.4 is 11.5 Å². The van der Waals surface area contributed by atoms with Crippen LogP contribution in [0.25, 0.3) is 0 Å². The van der Waals surface area contributed by atoms with Gasteiger partial charge in [0.25, 0.3) is 0 Å². The number of methoxy groups -OCH3 is 1. The molecule has 0 aromatic heterocycles. The number of halogens is 2. The van der Waals surface area contributed by atoms with Gasteiger partial charge in [0, 0.05) is 5.56 Å². The first-order valence-electron chi connectivity index (χ1n) is 4.81. The molecule has 7 heteroatoms. The van der Waals surface area contributed by atoms with Crippen LogP contribution in [0.3, 0.4) is 0 Å². The summed E-state index contributed by atoms with van der Waals surface area (Å²) in [5.41, 5.74) is 12.5. The minimum absolute atomic E-state index is 0. The number of rotatable bonds is 4. The van der Waals surface area contributed by atoms with Crippen LogP contribution in [-0.4, -0.2) is 25.0 Å². The third kappa shape index (κ3) is 5.35. The lowest BCUT2D eigenvalue weighted by Gasteiger charge is -2.09. The predicted octanol–water partition coefficient (Wildman–Crippen LogP) is 0.857. The van der Waals surface area contributed by atoms with E-state index in [2.05, 4.69) is 4.74 Å². The average Bonchev–Trinajstić information content (AvgIpc) is 2.28. The average molecular weight is 294 g/mol. The Bertz CT molecular complexity index is 413. The lowest BCUT2D eigenvalue weighted by molar-refractivity contribution is -0.142. The van der Waals surface area contributed by atoms with Gasteiger partial charge in [-0.25, -0.2) is 0 Å². The number of nitrogens with one attached hydrogen (secondary N) is 1. The molecule has 1 rings (SSSR count). The van der Waals surface area contributed by atoms with Crippen LogP contribution in [0.1, 0.15) is 11.1 Å². The molecule has 1 aromatic rings. The van der Waals surface area contributed by atoms with Gasteiger partial charge in [0.2, 0.25) is 0 Å². The highest BCUT2D eigenvalue weighted by molar-refractivity contribution is 5.95. The maximum atomic E-state index is 11.1. The molecule has 102 valence electrons. The van der Waals surface area contributed by atoms with Gasteiger partial charge in [0.15, 0.2) is 0 Å². The fraction of sp³-hybridized carbons (Fsp3) is 0.273. The largest absolute Gasteiger partial charge is 0.468 e. The molecule has 0 amide bonds. The van der Waals surface area contributed by atoms with E-state index in [4.69, 9.17) is 16.9 Å². The van der Waals surface area contributed by atoms with Gasteiger partial charge in [-0.2, -0.15) is 0 Å². The lowest BCUT2D eigenvalue weighted by Crippen LogP contribution is -2.33. The molecule has 18 heavy (non-hydrogen) atoms. The van der Waals surface area contributed by atoms with Gasteiger partial charge in [0.05, 0.1) is 7.11 Å². The van der Waals surface area contributed by atoms with E-state index in [1.807, 2.05) is 6.07 Å². The second-order valence-corrected chi connectivity index (χ2v) is 3.45. The summed E-state index contributed by atoms with van der Waals surface area (Å²) < 4.78 is 4.53. The molecule has 5 nitrogen and oxygen atoms in total. The fourth-order valence-corrected chi connectivity index (χ4v) is 1.35. The van der Waals surface area contributed by atoms with Crippen LogP contribution in [0.4, 0.5) is 0 Å². The molecule has 0 aliphatic rings. The summed E-state index contributed by atoms with van der Waals surface area (Å²) in [6, 6.07) is 6.39. The van der Waals surface area contributed by atoms with Gasteiger partial charge in [-0.3, -0.25) is 10.2 Å². The normalized spacial score (nSPS) is 10.6. The molecule has 1 unspecified atom stereocenters. The molecule has 0 aliphatic heterocycles. The molecule has 0 spiro atoms. The van der Waals surface area contributed by atoms with E-state index in [0.717, 1.165) is 5.56 Å². The first kappa shape index (κ1) is 19.0. The van der Waals surface area contributed by atoms with Gasteiger partial charge in [-0.1, -0.05) is 18.2 Å². The van der Waals surface area contributed by atoms with Crippen molar-refractivity contribution in [3.63, 3.8) is 0 Å². The Kier molecular flexibility index (Phi) is 9.25. The second kappa shape index (κ2) is 8.74. The molecule has 0 heterocycles. The summed E-state index contributed by atoms with van der Waals surface area (Å²) in [7, 11) is 1.30. The van der Waals surface area contributed by atoms with E-state index in [-0.39, 0.29) is 30.6 Å². The summed E-state index contributed by atoms with van der Waals surface area (Å²) in [5.74, 6) is -0.457. The SMILES string of the molecule is COC(=O)C(N)Cc1cccc(C(=N)N)c1.Cl.Cl. The number of hydrogen-bond donors (Lipinski definition) is 3. The van der Waals surface area contributed by atoms with Crippen molar-refractivity contribution in [1.82, 2.24) is 0 Å². The molecule has 0 bridgehead atoms. The molecule has 1 atom stereocenters. The lowest BCUT2D eigenvalue weighted by atomic mass is 10.0. The highest BCUT2D eigenvalue weighted by atomic mass is 35.5. The number of amidine groups is 1. The van der Waals surface area contributed by atoms with Gasteiger partial charge in [0.1, 0.15) is 11.9 Å². The summed E-state index contributed by atoms with van der Waals surface area (Å²) in [6.07, 6.45) is 0.369. The Labute approximate surface area is 118 Å². The van der Waals surface area contributed by atoms with Crippen molar-refractivity contribution in [2.75, 3.05) is 7.11 Å². The minimum Gasteiger partial charge on any atom is -0.468 e. The van der Waals surface area contributed by atoms with Crippen molar-refractivity contribution in [3.8, 4) is 0 Å². The number of carbonyl (C=O) groups is 1. The zero-order valence-corrected chi connectivity index (χ0v) is 11.5. The van der Waals surface area contributed by atoms with Gasteiger partial charge in [-0.15, -0.1) is 24.8 Å². The molecule has 0 fully saturated rings. The Morgan fingerprint density at radius 2 is 2.06 bits per heavy atom. The van der Waals surface area contributed by atoms with Crippen LogP contribution in [0.2, 0.25) is 0 Å². The van der Waals surface area contributed by atoms with E-state index in [1.54, 1.807) is 18.2 Å². The Morgan fingerprint density at radius 1 is 1.44 bits per heavy atom. The third-order valence-corrected chi connectivity index (χ3v) is 2.20. The number of esters is 1. The summed E-state index contributed by atoms with van der Waals surface area (Å²) in [6.45, 7) is 0. The molecule has 0 aliphatic carbocycles. The quantitative estimate of drug-likeness (QED) is 0.435. The summed E-state index contributed by atoms with van der Waals surface area (Å²) in [4.78, 5) is 11.1. The Hall–Kier alpha value is -1.30. The van der Waals surface area contributed by atoms with E-state index in [1.165, 1.54) is 7.11 Å². The number of hydrogen-bond acceptors (Lipinski definition) is 4. The van der Waals surface area contributed by atoms with Gasteiger partial charge < -0.3 is 16.2 Å². The summed E-state index contributed by atoms with van der Waals surface area (Å²) >= 11 is 0. The molecule has 0 saturated heterocycles. The molecule has 5 N–H and O–H groups in total. The first-order chi connectivity index (χ1) is 7.54. The monoisotopic (exact) mass is 293 g/mol. The highest BCUT2D eigenvalue weighted by Crippen LogP contribution is 2.07. The van der Waals surface area contributed by atoms with Crippen molar-refractivity contribution in [3.05, 3.63) is 35.4 Å². The van der Waals surface area contributed by atoms with E-state index in [9.17, 15) is 4.79 Å². The molecule has 0 saturated carbocycles. The van der Waals surface area contributed by atoms with Crippen molar-refractivity contribution in [1.29, 1.82) is 5.41 Å². The third-order valence-electron chi connectivity index (χ3n) is 2.20. The highest BCUT2D eigenvalue weighted by Gasteiger charge is 2.14. The van der Waals surface area contributed by atoms with Crippen molar-refractivity contribution in [2.24, 2.45) is 11.5 Å². The Morgan fingerprint density at radius 3 is 2.56 bits per heavy atom. The predicted molar refractivity (Wildman–Crippen MR) is 75.6 cm³/mol. The topological polar surface area (TPSA) is 102 Å². The Balaban J connectivity index is 0. The number of carbonyl (C=O) groups excluding carboxylic acids is 1. The molecule has 0 radical (unpaired) electrons. The zero-order chi connectivity index (χ0) is 12.1. The molecule has 1 aromatic carbocycles. The van der Waals surface area contributed by atoms with Gasteiger partial charge in [-0.05, 0) is 18.1 Å². The minimum atomic E-state index is -0.688. The van der Waals surface area contributed by atoms with Crippen LogP contribution in [0.15, 0.2) is 24.3 Å². The number of nitrogens with two attached hydrogens (primary N) is 2. The standard InChI is InChI=1S/C11H15N3O2.2ClH/c1-16-11(15)9(12)6-7-3-2-4-8(5-7)10(13)14;;/h2-5,9H,6,12H2,1H3,(H3,13,14);2*1H. The second-order valence-electron chi connectivity index (χ2n) is 3.45. The van der Waals surface area contributed by atoms with Crippen molar-refractivity contribution in [2.45, 2.75) is 12.5 Å². The number of nitrogen functional groups attached to an aromatic ring is 1. The summed E-state index contributed by atoms with van der Waals surface area (Å²) in [5, 5.41) is 7.29. The zero-order valence-electron chi connectivity index (χ0n) is 9.88. The van der Waals surface area contributed by atoms with E-state index >= 15 is 0 Å². The van der Waals surface area contributed by atoms with Crippen molar-refractivity contribution < 1.29 is 9.53 Å². The van der Waals surface area contributed by atoms with Crippen LogP contribution in [0, 0.1) is 5.41 Å². The number of benzene rings is 1. The van der Waals surface area contributed by atoms with Crippen LogP contribution >= 0.6 is 24.8 Å². The van der Waals surface area contributed by atoms with Crippen molar-refractivity contribution >= 4 is 36.6 Å². The maximum Gasteiger partial charge on any atom is 0.322 e. The smallest absolute Gasteiger partial charge is 0.322 e. The van der Waals surface area contributed by atoms with E-state index in [0.29, 0.717) is 12.0 Å². The fourth-order valence-electron chi connectivity index (χ4n) is 1.35. The maximum absolute atomic E-state index is 11.1. The van der Waals surface area contributed by atoms with Crippen LogP contribution in [0.5, 0.6) is 0 Å². The molecular weight excluding hydrogens is 277 g/mol. The first-order valence-corrected chi connectivity index (χ1v) is 4.81. The van der Waals surface area contributed by atoms with E-state index < -0.39 is 12.0 Å². The molecular formula is C11H17Cl2N3O2.